The minimum Gasteiger partial charge on any atom is -0.282 e. The topological polar surface area (TPSA) is 135 Å². The first-order chi connectivity index (χ1) is 6.23. The monoisotopic (exact) mass is 240 g/mol. The van der Waals surface area contributed by atoms with Crippen molar-refractivity contribution < 1.29 is 25.9 Å². The molecule has 0 radical (unpaired) electrons. The molecule has 8 nitrogen and oxygen atoms in total. The van der Waals surface area contributed by atoms with Crippen molar-refractivity contribution >= 4 is 20.2 Å². The number of hydrogen-bond acceptors (Lipinski definition) is 6. The van der Waals surface area contributed by atoms with Crippen LogP contribution < -0.4 is 0 Å². The van der Waals surface area contributed by atoms with E-state index in [1.54, 1.807) is 0 Å². The molecule has 1 heterocycles. The summed E-state index contributed by atoms with van der Waals surface area (Å²) in [7, 11) is -9.59. The highest BCUT2D eigenvalue weighted by atomic mass is 32.2. The van der Waals surface area contributed by atoms with Crippen LogP contribution in [0.2, 0.25) is 0 Å². The second-order valence-corrected chi connectivity index (χ2v) is 4.87. The summed E-state index contributed by atoms with van der Waals surface area (Å²) in [5.41, 5.74) is 0. The largest absolute Gasteiger partial charge is 0.313 e. The molecule has 1 aromatic rings. The van der Waals surface area contributed by atoms with Crippen molar-refractivity contribution in [3.63, 3.8) is 0 Å². The zero-order chi connectivity index (χ0) is 11.0. The Kier molecular flexibility index (Phi) is 2.54. The Labute approximate surface area is 79.1 Å². The van der Waals surface area contributed by atoms with Gasteiger partial charge in [0.2, 0.25) is 5.03 Å². The van der Waals surface area contributed by atoms with Crippen molar-refractivity contribution in [3.8, 4) is 0 Å². The van der Waals surface area contributed by atoms with E-state index in [0.29, 0.717) is 6.20 Å². The van der Waals surface area contributed by atoms with E-state index in [-0.39, 0.29) is 0 Å². The van der Waals surface area contributed by atoms with E-state index in [1.807, 2.05) is 0 Å². The van der Waals surface area contributed by atoms with Gasteiger partial charge in [0, 0.05) is 0 Å². The van der Waals surface area contributed by atoms with Crippen LogP contribution in [0, 0.1) is 0 Å². The fraction of sp³-hybridized carbons (Fsp3) is 0. The molecule has 0 atom stereocenters. The van der Waals surface area contributed by atoms with Gasteiger partial charge >= 0.3 is 10.1 Å². The van der Waals surface area contributed by atoms with Gasteiger partial charge in [-0.2, -0.15) is 16.8 Å². The summed E-state index contributed by atoms with van der Waals surface area (Å²) in [4.78, 5) is 5.16. The molecule has 14 heavy (non-hydrogen) atoms. The van der Waals surface area contributed by atoms with Crippen molar-refractivity contribution in [2.24, 2.45) is 0 Å². The van der Waals surface area contributed by atoms with Crippen LogP contribution in [0.15, 0.2) is 22.4 Å². The first kappa shape index (κ1) is 11.0. The van der Waals surface area contributed by atoms with Gasteiger partial charge in [0.05, 0.1) is 6.20 Å². The van der Waals surface area contributed by atoms with Crippen molar-refractivity contribution in [1.82, 2.24) is 9.97 Å². The predicted octanol–water partition coefficient (Wildman–Crippen LogP) is -1.03. The third kappa shape index (κ3) is 2.23. The van der Waals surface area contributed by atoms with E-state index in [2.05, 4.69) is 9.97 Å². The molecule has 0 aliphatic rings. The second-order valence-electron chi connectivity index (χ2n) is 2.14. The van der Waals surface area contributed by atoms with Crippen LogP contribution in [0.25, 0.3) is 0 Å². The van der Waals surface area contributed by atoms with E-state index in [9.17, 15) is 16.8 Å². The molecule has 1 rings (SSSR count). The SMILES string of the molecule is O=S(=O)(O)c1cncnc1S(=O)(=O)O. The van der Waals surface area contributed by atoms with Crippen molar-refractivity contribution in [1.29, 1.82) is 0 Å². The Morgan fingerprint density at radius 1 is 1.07 bits per heavy atom. The van der Waals surface area contributed by atoms with Crippen LogP contribution in [-0.2, 0) is 20.2 Å². The highest BCUT2D eigenvalue weighted by Gasteiger charge is 2.25. The lowest BCUT2D eigenvalue weighted by Crippen LogP contribution is -2.10. The van der Waals surface area contributed by atoms with Crippen LogP contribution in [0.1, 0.15) is 0 Å². The molecular weight excluding hydrogens is 236 g/mol. The van der Waals surface area contributed by atoms with Crippen molar-refractivity contribution in [3.05, 3.63) is 12.5 Å². The van der Waals surface area contributed by atoms with Gasteiger partial charge in [-0.1, -0.05) is 0 Å². The lowest BCUT2D eigenvalue weighted by atomic mass is 10.7. The van der Waals surface area contributed by atoms with Crippen molar-refractivity contribution in [2.75, 3.05) is 0 Å². The highest BCUT2D eigenvalue weighted by molar-refractivity contribution is 7.89. The average molecular weight is 240 g/mol. The summed E-state index contributed by atoms with van der Waals surface area (Å²) in [6, 6.07) is 0. The Balaban J connectivity index is 3.64. The van der Waals surface area contributed by atoms with Crippen LogP contribution in [0.3, 0.4) is 0 Å². The minimum absolute atomic E-state index is 0.561. The fourth-order valence-electron chi connectivity index (χ4n) is 0.676. The maximum absolute atomic E-state index is 10.6. The molecule has 2 N–H and O–H groups in total. The maximum Gasteiger partial charge on any atom is 0.313 e. The first-order valence-corrected chi connectivity index (χ1v) is 5.86. The lowest BCUT2D eigenvalue weighted by molar-refractivity contribution is 0.460. The Bertz CT molecular complexity index is 496. The van der Waals surface area contributed by atoms with Crippen LogP contribution in [-0.4, -0.2) is 35.9 Å². The molecule has 10 heteroatoms. The van der Waals surface area contributed by atoms with Gasteiger partial charge in [-0.25, -0.2) is 9.97 Å². The summed E-state index contributed by atoms with van der Waals surface area (Å²) < 4.78 is 59.5. The average Bonchev–Trinajstić information content (AvgIpc) is 2.01. The smallest absolute Gasteiger partial charge is 0.282 e. The fourth-order valence-corrected chi connectivity index (χ4v) is 2.26. The van der Waals surface area contributed by atoms with Gasteiger partial charge < -0.3 is 0 Å². The molecule has 0 amide bonds. The molecular formula is C4H4N2O6S2. The summed E-state index contributed by atoms with van der Waals surface area (Å²) in [5, 5.41) is -1.16. The molecule has 0 bridgehead atoms. The lowest BCUT2D eigenvalue weighted by Gasteiger charge is -2.00. The molecule has 78 valence electrons. The summed E-state index contributed by atoms with van der Waals surface area (Å²) in [5.74, 6) is 0. The first-order valence-electron chi connectivity index (χ1n) is 2.98. The number of hydrogen-bond donors (Lipinski definition) is 2. The molecule has 1 aromatic heterocycles. The third-order valence-electron chi connectivity index (χ3n) is 1.17. The molecule has 0 aliphatic heterocycles. The predicted molar refractivity (Wildman–Crippen MR) is 41.7 cm³/mol. The molecule has 0 saturated carbocycles. The summed E-state index contributed by atoms with van der Waals surface area (Å²) >= 11 is 0. The van der Waals surface area contributed by atoms with Gasteiger partial charge in [0.25, 0.3) is 10.1 Å². The van der Waals surface area contributed by atoms with E-state index in [4.69, 9.17) is 9.11 Å². The second kappa shape index (κ2) is 3.24. The Morgan fingerprint density at radius 3 is 2.00 bits per heavy atom. The van der Waals surface area contributed by atoms with Gasteiger partial charge in [-0.05, 0) is 0 Å². The van der Waals surface area contributed by atoms with Crippen molar-refractivity contribution in [2.45, 2.75) is 9.92 Å². The standard InChI is InChI=1S/C4H4N2O6S2/c7-13(8,9)3-1-5-2-6-4(3)14(10,11)12/h1-2H,(H,7,8,9)(H,10,11,12). The number of nitrogens with zero attached hydrogens (tertiary/aromatic N) is 2. The molecule has 0 aliphatic carbocycles. The Hall–Kier alpha value is -1.10. The van der Waals surface area contributed by atoms with Gasteiger partial charge in [-0.15, -0.1) is 0 Å². The van der Waals surface area contributed by atoms with Gasteiger partial charge in [0.1, 0.15) is 6.33 Å². The maximum atomic E-state index is 10.6. The van der Waals surface area contributed by atoms with Crippen LogP contribution >= 0.6 is 0 Å². The molecule has 0 fully saturated rings. The number of aromatic nitrogens is 2. The normalized spacial score (nSPS) is 12.7. The quantitative estimate of drug-likeness (QED) is 0.495. The highest BCUT2D eigenvalue weighted by Crippen LogP contribution is 2.15. The van der Waals surface area contributed by atoms with E-state index < -0.39 is 30.2 Å². The minimum atomic E-state index is -4.81. The number of rotatable bonds is 2. The van der Waals surface area contributed by atoms with Crippen LogP contribution in [0.5, 0.6) is 0 Å². The third-order valence-corrected chi connectivity index (χ3v) is 2.96. The Morgan fingerprint density at radius 2 is 1.64 bits per heavy atom. The van der Waals surface area contributed by atoms with E-state index in [1.165, 1.54) is 0 Å². The molecule has 0 unspecified atom stereocenters. The van der Waals surface area contributed by atoms with E-state index in [0.717, 1.165) is 6.33 Å². The summed E-state index contributed by atoms with van der Waals surface area (Å²) in [6.07, 6.45) is 1.28. The zero-order valence-electron chi connectivity index (χ0n) is 6.39. The molecule has 0 spiro atoms. The van der Waals surface area contributed by atoms with Gasteiger partial charge in [-0.3, -0.25) is 9.11 Å². The van der Waals surface area contributed by atoms with Gasteiger partial charge in [0.15, 0.2) is 4.90 Å². The van der Waals surface area contributed by atoms with Crippen LogP contribution in [0.4, 0.5) is 0 Å². The molecule has 0 aromatic carbocycles. The molecule has 0 saturated heterocycles. The van der Waals surface area contributed by atoms with E-state index >= 15 is 0 Å². The summed E-state index contributed by atoms with van der Waals surface area (Å²) in [6.45, 7) is 0. The zero-order valence-corrected chi connectivity index (χ0v) is 8.03.